The molecule has 5 heteroatoms. The van der Waals surface area contributed by atoms with E-state index in [1.165, 1.54) is 0 Å². The van der Waals surface area contributed by atoms with E-state index in [0.29, 0.717) is 13.0 Å². The Morgan fingerprint density at radius 1 is 1.69 bits per heavy atom. The number of nitrogens with one attached hydrogen (secondary N) is 1. The van der Waals surface area contributed by atoms with Gasteiger partial charge in [0.25, 0.3) is 0 Å². The molecule has 4 N–H and O–H groups in total. The average molecular weight is 190 g/mol. The lowest BCUT2D eigenvalue weighted by molar-refractivity contribution is -0.119. The van der Waals surface area contributed by atoms with E-state index in [-0.39, 0.29) is 12.6 Å². The summed E-state index contributed by atoms with van der Waals surface area (Å²) in [7, 11) is 1.57. The lowest BCUT2D eigenvalue weighted by Gasteiger charge is -2.19. The lowest BCUT2D eigenvalue weighted by Crippen LogP contribution is -2.46. The van der Waals surface area contributed by atoms with Gasteiger partial charge in [-0.1, -0.05) is 0 Å². The van der Waals surface area contributed by atoms with Crippen molar-refractivity contribution in [3.63, 3.8) is 0 Å². The second kappa shape index (κ2) is 6.82. The summed E-state index contributed by atoms with van der Waals surface area (Å²) >= 11 is 0. The van der Waals surface area contributed by atoms with Gasteiger partial charge in [0.2, 0.25) is 5.91 Å². The van der Waals surface area contributed by atoms with Crippen LogP contribution in [-0.4, -0.2) is 43.4 Å². The molecule has 0 spiro atoms. The van der Waals surface area contributed by atoms with Crippen molar-refractivity contribution >= 4 is 5.91 Å². The van der Waals surface area contributed by atoms with Crippen molar-refractivity contribution < 1.29 is 14.6 Å². The number of nitrogens with two attached hydrogens (primary N) is 1. The number of rotatable bonds is 7. The maximum atomic E-state index is 10.7. The number of hydrogen-bond donors (Lipinski definition) is 3. The molecule has 0 aliphatic carbocycles. The van der Waals surface area contributed by atoms with E-state index >= 15 is 0 Å². The van der Waals surface area contributed by atoms with E-state index in [4.69, 9.17) is 15.6 Å². The highest BCUT2D eigenvalue weighted by atomic mass is 16.5. The fourth-order valence-electron chi connectivity index (χ4n) is 1.01. The van der Waals surface area contributed by atoms with Crippen LogP contribution in [0.25, 0.3) is 0 Å². The molecule has 0 saturated carbocycles. The molecule has 13 heavy (non-hydrogen) atoms. The Morgan fingerprint density at radius 3 is 2.69 bits per heavy atom. The molecule has 0 bridgehead atoms. The van der Waals surface area contributed by atoms with Crippen molar-refractivity contribution in [2.45, 2.75) is 25.4 Å². The molecule has 0 aliphatic heterocycles. The van der Waals surface area contributed by atoms with Crippen LogP contribution >= 0.6 is 0 Å². The molecule has 78 valence electrons. The first-order valence-corrected chi connectivity index (χ1v) is 4.27. The van der Waals surface area contributed by atoms with Gasteiger partial charge in [0.1, 0.15) is 0 Å². The number of carbonyl (C=O) groups excluding carboxylic acids is 1. The van der Waals surface area contributed by atoms with Gasteiger partial charge >= 0.3 is 0 Å². The number of aliphatic hydroxyl groups excluding tert-OH is 1. The molecule has 0 heterocycles. The van der Waals surface area contributed by atoms with Gasteiger partial charge in [0.05, 0.1) is 12.6 Å². The lowest BCUT2D eigenvalue weighted by atomic mass is 10.2. The van der Waals surface area contributed by atoms with E-state index in [1.54, 1.807) is 14.0 Å². The number of amides is 1. The van der Waals surface area contributed by atoms with Crippen LogP contribution in [0.2, 0.25) is 0 Å². The first kappa shape index (κ1) is 12.3. The second-order valence-corrected chi connectivity index (χ2v) is 2.96. The van der Waals surface area contributed by atoms with Crippen molar-refractivity contribution in [1.82, 2.24) is 5.32 Å². The zero-order valence-electron chi connectivity index (χ0n) is 8.12. The van der Waals surface area contributed by atoms with Crippen molar-refractivity contribution in [2.75, 3.05) is 20.3 Å². The Balaban J connectivity index is 3.85. The summed E-state index contributed by atoms with van der Waals surface area (Å²) in [5.74, 6) is -0.404. The largest absolute Gasteiger partial charge is 0.396 e. The monoisotopic (exact) mass is 190 g/mol. The van der Waals surface area contributed by atoms with E-state index in [9.17, 15) is 4.79 Å². The summed E-state index contributed by atoms with van der Waals surface area (Å²) in [5.41, 5.74) is 5.07. The van der Waals surface area contributed by atoms with Gasteiger partial charge in [-0.05, 0) is 13.3 Å². The topological polar surface area (TPSA) is 84.6 Å². The molecule has 2 unspecified atom stereocenters. The molecule has 0 aromatic rings. The molecule has 5 nitrogen and oxygen atoms in total. The van der Waals surface area contributed by atoms with Crippen molar-refractivity contribution in [2.24, 2.45) is 5.73 Å². The van der Waals surface area contributed by atoms with Crippen molar-refractivity contribution in [3.05, 3.63) is 0 Å². The van der Waals surface area contributed by atoms with E-state index in [2.05, 4.69) is 5.32 Å². The molecular formula is C8H18N2O3. The smallest absolute Gasteiger partial charge is 0.234 e. The number of methoxy groups -OCH3 is 1. The Morgan fingerprint density at radius 2 is 2.31 bits per heavy atom. The minimum Gasteiger partial charge on any atom is -0.396 e. The molecule has 0 radical (unpaired) electrons. The van der Waals surface area contributed by atoms with Crippen LogP contribution in [0.15, 0.2) is 0 Å². The van der Waals surface area contributed by atoms with Gasteiger partial charge in [-0.15, -0.1) is 0 Å². The van der Waals surface area contributed by atoms with Crippen LogP contribution < -0.4 is 11.1 Å². The Hall–Kier alpha value is -0.650. The highest BCUT2D eigenvalue weighted by Gasteiger charge is 2.14. The first-order chi connectivity index (χ1) is 6.11. The summed E-state index contributed by atoms with van der Waals surface area (Å²) in [5, 5.41) is 11.7. The molecule has 1 amide bonds. The highest BCUT2D eigenvalue weighted by Crippen LogP contribution is 1.94. The predicted molar refractivity (Wildman–Crippen MR) is 49.2 cm³/mol. The summed E-state index contributed by atoms with van der Waals surface area (Å²) in [6, 6.07) is -0.427. The van der Waals surface area contributed by atoms with E-state index < -0.39 is 11.9 Å². The summed E-state index contributed by atoms with van der Waals surface area (Å²) < 4.78 is 4.91. The quantitative estimate of drug-likeness (QED) is 0.473. The van der Waals surface area contributed by atoms with Gasteiger partial charge < -0.3 is 20.9 Å². The second-order valence-electron chi connectivity index (χ2n) is 2.96. The maximum Gasteiger partial charge on any atom is 0.234 e. The molecule has 0 aliphatic rings. The number of hydrogen-bond acceptors (Lipinski definition) is 4. The minimum atomic E-state index is -0.404. The van der Waals surface area contributed by atoms with E-state index in [1.807, 2.05) is 0 Å². The highest BCUT2D eigenvalue weighted by molar-refractivity contribution is 5.79. The Labute approximate surface area is 78.3 Å². The maximum absolute atomic E-state index is 10.7. The van der Waals surface area contributed by atoms with Crippen LogP contribution in [0.5, 0.6) is 0 Å². The summed E-state index contributed by atoms with van der Waals surface area (Å²) in [4.78, 5) is 10.7. The minimum absolute atomic E-state index is 0.0301. The molecule has 0 rings (SSSR count). The summed E-state index contributed by atoms with van der Waals surface area (Å²) in [6.45, 7) is 2.20. The zero-order chi connectivity index (χ0) is 10.3. The van der Waals surface area contributed by atoms with Gasteiger partial charge in [-0.25, -0.2) is 0 Å². The molecule has 0 fully saturated rings. The summed E-state index contributed by atoms with van der Waals surface area (Å²) in [6.07, 6.45) is 0.547. The van der Waals surface area contributed by atoms with Crippen LogP contribution in [0, 0.1) is 0 Å². The molecule has 0 aromatic heterocycles. The number of primary amides is 1. The van der Waals surface area contributed by atoms with Crippen LogP contribution in [0.4, 0.5) is 0 Å². The zero-order valence-corrected chi connectivity index (χ0v) is 8.12. The number of carbonyl (C=O) groups is 1. The fraction of sp³-hybridized carbons (Fsp3) is 0.875. The first-order valence-electron chi connectivity index (χ1n) is 4.27. The Bertz CT molecular complexity index is 146. The van der Waals surface area contributed by atoms with E-state index in [0.717, 1.165) is 0 Å². The molecule has 0 aromatic carbocycles. The standard InChI is InChI=1S/C8H18N2O3/c1-6(8(9)12)10-7(3-4-11)5-13-2/h6-7,10-11H,3-5H2,1-2H3,(H2,9,12). The SMILES string of the molecule is COCC(CCO)NC(C)C(N)=O. The third-order valence-electron chi connectivity index (χ3n) is 1.76. The van der Waals surface area contributed by atoms with Crippen LogP contribution in [-0.2, 0) is 9.53 Å². The number of aliphatic hydroxyl groups is 1. The van der Waals surface area contributed by atoms with Crippen molar-refractivity contribution in [3.8, 4) is 0 Å². The van der Waals surface area contributed by atoms with Gasteiger partial charge in [-0.2, -0.15) is 0 Å². The number of ether oxygens (including phenoxy) is 1. The molecule has 2 atom stereocenters. The van der Waals surface area contributed by atoms with Gasteiger partial charge in [0.15, 0.2) is 0 Å². The normalized spacial score (nSPS) is 15.3. The van der Waals surface area contributed by atoms with Gasteiger partial charge in [0, 0.05) is 19.8 Å². The van der Waals surface area contributed by atoms with Crippen LogP contribution in [0.3, 0.4) is 0 Å². The average Bonchev–Trinajstić information content (AvgIpc) is 2.05. The third kappa shape index (κ3) is 5.57. The molecule has 0 saturated heterocycles. The predicted octanol–water partition coefficient (Wildman–Crippen LogP) is -1.15. The van der Waals surface area contributed by atoms with Crippen molar-refractivity contribution in [1.29, 1.82) is 0 Å². The van der Waals surface area contributed by atoms with Gasteiger partial charge in [-0.3, -0.25) is 4.79 Å². The Kier molecular flexibility index (Phi) is 6.48. The molecular weight excluding hydrogens is 172 g/mol. The fourth-order valence-corrected chi connectivity index (χ4v) is 1.01. The third-order valence-corrected chi connectivity index (χ3v) is 1.76. The van der Waals surface area contributed by atoms with Crippen LogP contribution in [0.1, 0.15) is 13.3 Å².